The summed E-state index contributed by atoms with van der Waals surface area (Å²) in [4.78, 5) is 23.6. The van der Waals surface area contributed by atoms with Gasteiger partial charge in [0.05, 0.1) is 4.90 Å². The Morgan fingerprint density at radius 1 is 1.12 bits per heavy atom. The molecule has 0 spiro atoms. The highest BCUT2D eigenvalue weighted by Gasteiger charge is 2.38. The summed E-state index contributed by atoms with van der Waals surface area (Å²) in [5, 5.41) is 5.39. The van der Waals surface area contributed by atoms with Crippen LogP contribution in [-0.2, 0) is 19.6 Å². The zero-order valence-electron chi connectivity index (χ0n) is 15.5. The van der Waals surface area contributed by atoms with E-state index in [0.29, 0.717) is 18.0 Å². The SMILES string of the molecule is Cc1ccc(C)c(S(=O)(=O)NCCNC(=O)CCNC(=O)C2CC2C)c1. The smallest absolute Gasteiger partial charge is 0.240 e. The fourth-order valence-electron chi connectivity index (χ4n) is 2.67. The van der Waals surface area contributed by atoms with Crippen LogP contribution in [0.25, 0.3) is 0 Å². The zero-order chi connectivity index (χ0) is 19.3. The molecule has 2 rings (SSSR count). The Labute approximate surface area is 155 Å². The normalized spacial score (nSPS) is 19.0. The quantitative estimate of drug-likeness (QED) is 0.552. The summed E-state index contributed by atoms with van der Waals surface area (Å²) in [6, 6.07) is 5.25. The average Bonchev–Trinajstić information content (AvgIpc) is 3.30. The highest BCUT2D eigenvalue weighted by atomic mass is 32.2. The second-order valence-corrected chi connectivity index (χ2v) is 8.61. The molecular formula is C18H27N3O4S. The van der Waals surface area contributed by atoms with Gasteiger partial charge in [-0.3, -0.25) is 9.59 Å². The maximum Gasteiger partial charge on any atom is 0.240 e. The molecule has 144 valence electrons. The van der Waals surface area contributed by atoms with Crippen LogP contribution >= 0.6 is 0 Å². The molecule has 0 bridgehead atoms. The van der Waals surface area contributed by atoms with E-state index in [1.165, 1.54) is 0 Å². The van der Waals surface area contributed by atoms with Crippen LogP contribution in [0, 0.1) is 25.7 Å². The van der Waals surface area contributed by atoms with E-state index in [1.807, 2.05) is 19.9 Å². The third-order valence-electron chi connectivity index (χ3n) is 4.47. The van der Waals surface area contributed by atoms with Gasteiger partial charge in [-0.25, -0.2) is 13.1 Å². The molecule has 8 heteroatoms. The van der Waals surface area contributed by atoms with Gasteiger partial charge in [-0.05, 0) is 43.4 Å². The first-order valence-corrected chi connectivity index (χ1v) is 10.3. The second-order valence-electron chi connectivity index (χ2n) is 6.88. The summed E-state index contributed by atoms with van der Waals surface area (Å²) in [5.74, 6) is 0.318. The van der Waals surface area contributed by atoms with Gasteiger partial charge in [0.1, 0.15) is 0 Å². The topological polar surface area (TPSA) is 104 Å². The molecule has 0 aliphatic heterocycles. The molecule has 26 heavy (non-hydrogen) atoms. The monoisotopic (exact) mass is 381 g/mol. The van der Waals surface area contributed by atoms with Gasteiger partial charge in [0, 0.05) is 32.0 Å². The number of carbonyl (C=O) groups excluding carboxylic acids is 2. The Bertz CT molecular complexity index is 777. The molecule has 1 aromatic carbocycles. The Balaban J connectivity index is 1.66. The van der Waals surface area contributed by atoms with Crippen LogP contribution in [-0.4, -0.2) is 39.9 Å². The third kappa shape index (κ3) is 5.81. The molecule has 0 heterocycles. The van der Waals surface area contributed by atoms with Crippen LogP contribution in [0.3, 0.4) is 0 Å². The third-order valence-corrected chi connectivity index (χ3v) is 6.07. The lowest BCUT2D eigenvalue weighted by Gasteiger charge is -2.11. The van der Waals surface area contributed by atoms with E-state index < -0.39 is 10.0 Å². The summed E-state index contributed by atoms with van der Waals surface area (Å²) in [6.45, 7) is 6.19. The molecule has 1 saturated carbocycles. The van der Waals surface area contributed by atoms with Gasteiger partial charge in [0.15, 0.2) is 0 Å². The van der Waals surface area contributed by atoms with Gasteiger partial charge < -0.3 is 10.6 Å². The number of hydrogen-bond acceptors (Lipinski definition) is 4. The summed E-state index contributed by atoms with van der Waals surface area (Å²) >= 11 is 0. The maximum absolute atomic E-state index is 12.3. The molecule has 0 saturated heterocycles. The lowest BCUT2D eigenvalue weighted by atomic mass is 10.2. The van der Waals surface area contributed by atoms with Gasteiger partial charge in [-0.2, -0.15) is 0 Å². The Kier molecular flexibility index (Phi) is 6.77. The van der Waals surface area contributed by atoms with Crippen LogP contribution < -0.4 is 15.4 Å². The number of rotatable bonds is 9. The summed E-state index contributed by atoms with van der Waals surface area (Å²) in [7, 11) is -3.61. The first kappa shape index (κ1) is 20.4. The van der Waals surface area contributed by atoms with E-state index in [9.17, 15) is 18.0 Å². The van der Waals surface area contributed by atoms with Crippen LogP contribution in [0.5, 0.6) is 0 Å². The largest absolute Gasteiger partial charge is 0.355 e. The summed E-state index contributed by atoms with van der Waals surface area (Å²) in [6.07, 6.45) is 1.09. The Morgan fingerprint density at radius 2 is 1.81 bits per heavy atom. The molecule has 1 fully saturated rings. The van der Waals surface area contributed by atoms with Gasteiger partial charge in [-0.1, -0.05) is 19.1 Å². The lowest BCUT2D eigenvalue weighted by molar-refractivity contribution is -0.123. The Hall–Kier alpha value is -1.93. The molecule has 1 aromatic rings. The second kappa shape index (κ2) is 8.64. The fraction of sp³-hybridized carbons (Fsp3) is 0.556. The summed E-state index contributed by atoms with van der Waals surface area (Å²) < 4.78 is 27.1. The van der Waals surface area contributed by atoms with Crippen molar-refractivity contribution in [2.24, 2.45) is 11.8 Å². The number of aryl methyl sites for hydroxylation is 2. The minimum Gasteiger partial charge on any atom is -0.355 e. The van der Waals surface area contributed by atoms with Gasteiger partial charge in [-0.15, -0.1) is 0 Å². The van der Waals surface area contributed by atoms with Crippen LogP contribution in [0.4, 0.5) is 0 Å². The summed E-state index contributed by atoms with van der Waals surface area (Å²) in [5.41, 5.74) is 1.54. The van der Waals surface area contributed by atoms with E-state index >= 15 is 0 Å². The predicted molar refractivity (Wildman–Crippen MR) is 99.0 cm³/mol. The van der Waals surface area contributed by atoms with Crippen molar-refractivity contribution < 1.29 is 18.0 Å². The minimum atomic E-state index is -3.61. The average molecular weight is 381 g/mol. The van der Waals surface area contributed by atoms with Crippen molar-refractivity contribution >= 4 is 21.8 Å². The van der Waals surface area contributed by atoms with Crippen molar-refractivity contribution in [1.29, 1.82) is 0 Å². The standard InChI is InChI=1S/C18H27N3O4S/c1-12-4-5-13(2)16(10-12)26(24,25)21-9-8-19-17(22)6-7-20-18(23)15-11-14(15)3/h4-5,10,14-15,21H,6-9,11H2,1-3H3,(H,19,22)(H,20,23). The van der Waals surface area contributed by atoms with Crippen molar-refractivity contribution in [1.82, 2.24) is 15.4 Å². The van der Waals surface area contributed by atoms with Crippen LogP contribution in [0.2, 0.25) is 0 Å². The zero-order valence-corrected chi connectivity index (χ0v) is 16.3. The predicted octanol–water partition coefficient (Wildman–Crippen LogP) is 0.860. The van der Waals surface area contributed by atoms with Crippen LogP contribution in [0.1, 0.15) is 30.9 Å². The fourth-order valence-corrected chi connectivity index (χ4v) is 4.03. The van der Waals surface area contributed by atoms with E-state index in [4.69, 9.17) is 0 Å². The number of benzene rings is 1. The molecule has 0 radical (unpaired) electrons. The van der Waals surface area contributed by atoms with E-state index in [1.54, 1.807) is 19.1 Å². The van der Waals surface area contributed by atoms with Gasteiger partial charge >= 0.3 is 0 Å². The minimum absolute atomic E-state index is 0.00610. The van der Waals surface area contributed by atoms with E-state index in [0.717, 1.165) is 12.0 Å². The van der Waals surface area contributed by atoms with Gasteiger partial charge in [0.2, 0.25) is 21.8 Å². The molecule has 0 aromatic heterocycles. The van der Waals surface area contributed by atoms with Crippen molar-refractivity contribution in [3.05, 3.63) is 29.3 Å². The van der Waals surface area contributed by atoms with Gasteiger partial charge in [0.25, 0.3) is 0 Å². The molecular weight excluding hydrogens is 354 g/mol. The molecule has 2 unspecified atom stereocenters. The number of carbonyl (C=O) groups is 2. The van der Waals surface area contributed by atoms with Crippen molar-refractivity contribution in [3.63, 3.8) is 0 Å². The first-order chi connectivity index (χ1) is 12.2. The molecule has 1 aliphatic carbocycles. The lowest BCUT2D eigenvalue weighted by Crippen LogP contribution is -2.36. The highest BCUT2D eigenvalue weighted by molar-refractivity contribution is 7.89. The molecule has 7 nitrogen and oxygen atoms in total. The number of nitrogens with one attached hydrogen (secondary N) is 3. The Morgan fingerprint density at radius 3 is 2.46 bits per heavy atom. The molecule has 3 N–H and O–H groups in total. The number of hydrogen-bond donors (Lipinski definition) is 3. The maximum atomic E-state index is 12.3. The van der Waals surface area contributed by atoms with Crippen molar-refractivity contribution in [2.75, 3.05) is 19.6 Å². The van der Waals surface area contributed by atoms with E-state index in [2.05, 4.69) is 15.4 Å². The van der Waals surface area contributed by atoms with E-state index in [-0.39, 0.29) is 42.1 Å². The molecule has 2 atom stereocenters. The van der Waals surface area contributed by atoms with Crippen molar-refractivity contribution in [2.45, 2.75) is 38.5 Å². The highest BCUT2D eigenvalue weighted by Crippen LogP contribution is 2.37. The molecule has 1 aliphatic rings. The van der Waals surface area contributed by atoms with Crippen molar-refractivity contribution in [3.8, 4) is 0 Å². The number of amides is 2. The van der Waals surface area contributed by atoms with Crippen LogP contribution in [0.15, 0.2) is 23.1 Å². The number of sulfonamides is 1. The first-order valence-electron chi connectivity index (χ1n) is 8.82. The molecule has 2 amide bonds.